The van der Waals surface area contributed by atoms with Crippen molar-refractivity contribution >= 4 is 17.9 Å². The first-order valence-corrected chi connectivity index (χ1v) is 36.5. The fourth-order valence-electron chi connectivity index (χ4n) is 11.6. The Hall–Kier alpha value is -1.59. The van der Waals surface area contributed by atoms with Gasteiger partial charge in [0.05, 0.1) is 0 Å². The number of hydrogen-bond acceptors (Lipinski definition) is 6. The highest BCUT2D eigenvalue weighted by molar-refractivity contribution is 5.71. The normalized spacial score (nSPS) is 11.9. The van der Waals surface area contributed by atoms with Crippen molar-refractivity contribution < 1.29 is 28.6 Å². The van der Waals surface area contributed by atoms with Gasteiger partial charge < -0.3 is 14.2 Å². The largest absolute Gasteiger partial charge is 0.462 e. The third-order valence-electron chi connectivity index (χ3n) is 17.1. The Labute approximate surface area is 495 Å². The fourth-order valence-corrected chi connectivity index (χ4v) is 11.6. The molecule has 0 rings (SSSR count). The minimum atomic E-state index is -0.763. The minimum Gasteiger partial charge on any atom is -0.462 e. The Bertz CT molecular complexity index is 1190. The summed E-state index contributed by atoms with van der Waals surface area (Å²) in [6, 6.07) is 0. The van der Waals surface area contributed by atoms with Gasteiger partial charge in [-0.15, -0.1) is 0 Å². The molecule has 6 heteroatoms. The van der Waals surface area contributed by atoms with Gasteiger partial charge >= 0.3 is 17.9 Å². The van der Waals surface area contributed by atoms with Crippen LogP contribution in [0.3, 0.4) is 0 Å². The lowest BCUT2D eigenvalue weighted by atomic mass is 10.0. The number of carbonyl (C=O) groups excluding carboxylic acids is 3. The molecule has 0 aliphatic carbocycles. The van der Waals surface area contributed by atoms with Crippen LogP contribution in [0.2, 0.25) is 0 Å². The van der Waals surface area contributed by atoms with Crippen LogP contribution in [-0.4, -0.2) is 37.2 Å². The quantitative estimate of drug-likeness (QED) is 0.0343. The smallest absolute Gasteiger partial charge is 0.306 e. The summed E-state index contributed by atoms with van der Waals surface area (Å²) in [7, 11) is 0. The van der Waals surface area contributed by atoms with Crippen molar-refractivity contribution in [2.75, 3.05) is 13.2 Å². The molecule has 1 unspecified atom stereocenters. The number of esters is 3. The van der Waals surface area contributed by atoms with Crippen LogP contribution in [-0.2, 0) is 28.6 Å². The van der Waals surface area contributed by atoms with Gasteiger partial charge in [-0.25, -0.2) is 0 Å². The molecule has 470 valence electrons. The summed E-state index contributed by atoms with van der Waals surface area (Å²) >= 11 is 0. The van der Waals surface area contributed by atoms with E-state index in [2.05, 4.69) is 20.8 Å². The Kier molecular flexibility index (Phi) is 67.5. The van der Waals surface area contributed by atoms with Crippen molar-refractivity contribution in [3.05, 3.63) is 0 Å². The predicted molar refractivity (Wildman–Crippen MR) is 344 cm³/mol. The Balaban J connectivity index is 4.20. The number of carbonyl (C=O) groups is 3. The van der Waals surface area contributed by atoms with Gasteiger partial charge in [-0.3, -0.25) is 14.4 Å². The maximum atomic E-state index is 13.0. The van der Waals surface area contributed by atoms with E-state index >= 15 is 0 Å². The first-order chi connectivity index (χ1) is 39.0. The lowest BCUT2D eigenvalue weighted by Crippen LogP contribution is -2.30. The summed E-state index contributed by atoms with van der Waals surface area (Å²) in [4.78, 5) is 38.5. The molecule has 0 radical (unpaired) electrons. The van der Waals surface area contributed by atoms with Gasteiger partial charge in [-0.1, -0.05) is 393 Å². The van der Waals surface area contributed by atoms with Crippen molar-refractivity contribution in [1.82, 2.24) is 0 Å². The lowest BCUT2D eigenvalue weighted by Gasteiger charge is -2.18. The van der Waals surface area contributed by atoms with E-state index in [1.54, 1.807) is 0 Å². The standard InChI is InChI=1S/C73H142O6/c1-4-7-10-13-16-19-22-25-28-30-32-34-36-37-38-40-41-43-45-48-51-54-57-60-63-66-72(75)78-69-70(68-77-71(74)65-62-59-56-53-50-47-27-24-21-18-15-12-9-6-3)79-73(76)67-64-61-58-55-52-49-46-44-42-39-35-33-31-29-26-23-20-17-14-11-8-5-2/h70H,4-69H2,1-3H3. The highest BCUT2D eigenvalue weighted by Crippen LogP contribution is 2.20. The Morgan fingerprint density at radius 3 is 0.506 bits per heavy atom. The van der Waals surface area contributed by atoms with Gasteiger partial charge in [0.15, 0.2) is 6.10 Å². The summed E-state index contributed by atoms with van der Waals surface area (Å²) < 4.78 is 17.0. The third-order valence-corrected chi connectivity index (χ3v) is 17.1. The Morgan fingerprint density at radius 1 is 0.203 bits per heavy atom. The van der Waals surface area contributed by atoms with E-state index in [0.29, 0.717) is 19.3 Å². The highest BCUT2D eigenvalue weighted by atomic mass is 16.6. The molecular formula is C73H142O6. The maximum absolute atomic E-state index is 13.0. The first-order valence-electron chi connectivity index (χ1n) is 36.5. The molecule has 1 atom stereocenters. The van der Waals surface area contributed by atoms with Gasteiger partial charge in [0.25, 0.3) is 0 Å². The third kappa shape index (κ3) is 67.1. The van der Waals surface area contributed by atoms with Crippen LogP contribution in [0.25, 0.3) is 0 Å². The topological polar surface area (TPSA) is 78.9 Å². The molecule has 0 aromatic rings. The zero-order valence-electron chi connectivity index (χ0n) is 54.2. The molecule has 79 heavy (non-hydrogen) atoms. The van der Waals surface area contributed by atoms with Crippen LogP contribution in [0.4, 0.5) is 0 Å². The van der Waals surface area contributed by atoms with E-state index < -0.39 is 6.10 Å². The van der Waals surface area contributed by atoms with Gasteiger partial charge in [-0.05, 0) is 19.3 Å². The maximum Gasteiger partial charge on any atom is 0.306 e. The van der Waals surface area contributed by atoms with E-state index in [0.717, 1.165) is 57.8 Å². The van der Waals surface area contributed by atoms with Crippen LogP contribution in [0, 0.1) is 0 Å². The van der Waals surface area contributed by atoms with Crippen LogP contribution >= 0.6 is 0 Å². The van der Waals surface area contributed by atoms with Gasteiger partial charge in [0.1, 0.15) is 13.2 Å². The fraction of sp³-hybridized carbons (Fsp3) is 0.959. The average molecular weight is 1120 g/mol. The van der Waals surface area contributed by atoms with Crippen molar-refractivity contribution in [3.8, 4) is 0 Å². The van der Waals surface area contributed by atoms with E-state index in [-0.39, 0.29) is 31.1 Å². The van der Waals surface area contributed by atoms with E-state index in [1.165, 1.54) is 334 Å². The second-order valence-corrected chi connectivity index (χ2v) is 25.2. The van der Waals surface area contributed by atoms with E-state index in [9.17, 15) is 14.4 Å². The van der Waals surface area contributed by atoms with Gasteiger partial charge in [-0.2, -0.15) is 0 Å². The number of rotatable bonds is 69. The molecule has 0 spiro atoms. The average Bonchev–Trinajstić information content (AvgIpc) is 3.45. The van der Waals surface area contributed by atoms with E-state index in [4.69, 9.17) is 14.2 Å². The first kappa shape index (κ1) is 77.4. The molecule has 0 aliphatic heterocycles. The molecule has 0 saturated carbocycles. The van der Waals surface area contributed by atoms with Crippen molar-refractivity contribution in [2.45, 2.75) is 438 Å². The summed E-state index contributed by atoms with van der Waals surface area (Å²) in [5, 5.41) is 0. The zero-order chi connectivity index (χ0) is 57.1. The summed E-state index contributed by atoms with van der Waals surface area (Å²) in [5.74, 6) is -0.817. The monoisotopic (exact) mass is 1120 g/mol. The highest BCUT2D eigenvalue weighted by Gasteiger charge is 2.20. The number of unbranched alkanes of at least 4 members (excludes halogenated alkanes) is 58. The van der Waals surface area contributed by atoms with Crippen molar-refractivity contribution in [3.63, 3.8) is 0 Å². The van der Waals surface area contributed by atoms with Gasteiger partial charge in [0.2, 0.25) is 0 Å². The Morgan fingerprint density at radius 2 is 0.342 bits per heavy atom. The molecule has 0 aromatic carbocycles. The van der Waals surface area contributed by atoms with Crippen LogP contribution in [0.5, 0.6) is 0 Å². The molecule has 0 aliphatic rings. The minimum absolute atomic E-state index is 0.0600. The molecule has 0 saturated heterocycles. The zero-order valence-corrected chi connectivity index (χ0v) is 54.2. The molecule has 0 bridgehead atoms. The van der Waals surface area contributed by atoms with Crippen molar-refractivity contribution in [2.24, 2.45) is 0 Å². The predicted octanol–water partition coefficient (Wildman–Crippen LogP) is 25.0. The van der Waals surface area contributed by atoms with E-state index in [1.807, 2.05) is 0 Å². The molecule has 0 N–H and O–H groups in total. The summed E-state index contributed by atoms with van der Waals surface area (Å²) in [6.45, 7) is 6.75. The summed E-state index contributed by atoms with van der Waals surface area (Å²) in [6.07, 6.45) is 81.4. The molecule has 0 heterocycles. The molecule has 0 amide bonds. The molecule has 6 nitrogen and oxygen atoms in total. The molecular weight excluding hydrogens is 973 g/mol. The van der Waals surface area contributed by atoms with Crippen LogP contribution < -0.4 is 0 Å². The molecule has 0 aromatic heterocycles. The number of ether oxygens (including phenoxy) is 3. The molecule has 0 fully saturated rings. The van der Waals surface area contributed by atoms with Crippen LogP contribution in [0.15, 0.2) is 0 Å². The van der Waals surface area contributed by atoms with Crippen molar-refractivity contribution in [1.29, 1.82) is 0 Å². The van der Waals surface area contributed by atoms with Crippen LogP contribution in [0.1, 0.15) is 432 Å². The second-order valence-electron chi connectivity index (χ2n) is 25.2. The SMILES string of the molecule is CCCCCCCCCCCCCCCCCCCCCCCCCCCC(=O)OCC(COC(=O)CCCCCCCCCCCCCCCC)OC(=O)CCCCCCCCCCCCCCCCCCCCCCCC. The number of hydrogen-bond donors (Lipinski definition) is 0. The summed E-state index contributed by atoms with van der Waals surface area (Å²) in [5.41, 5.74) is 0. The lowest BCUT2D eigenvalue weighted by molar-refractivity contribution is -0.167. The van der Waals surface area contributed by atoms with Gasteiger partial charge in [0, 0.05) is 19.3 Å². The second kappa shape index (κ2) is 68.9.